The van der Waals surface area contributed by atoms with Gasteiger partial charge in [-0.3, -0.25) is 24.3 Å². The van der Waals surface area contributed by atoms with Crippen LogP contribution in [0.5, 0.6) is 0 Å². The second kappa shape index (κ2) is 5.99. The highest BCUT2D eigenvalue weighted by atomic mass is 16.4. The van der Waals surface area contributed by atoms with Crippen LogP contribution in [0.2, 0.25) is 0 Å². The Balaban J connectivity index is 1.42. The van der Waals surface area contributed by atoms with E-state index in [0.29, 0.717) is 27.9 Å². The van der Waals surface area contributed by atoms with Gasteiger partial charge in [-0.25, -0.2) is 4.79 Å². The van der Waals surface area contributed by atoms with Gasteiger partial charge >= 0.3 is 5.76 Å². The number of fused-ring (bicyclic) bond motifs is 2. The van der Waals surface area contributed by atoms with Crippen molar-refractivity contribution in [2.75, 3.05) is 11.9 Å². The molecule has 2 N–H and O–H groups in total. The number of amides is 3. The average molecular weight is 351 g/mol. The maximum absolute atomic E-state index is 12.3. The van der Waals surface area contributed by atoms with E-state index in [1.165, 1.54) is 0 Å². The molecule has 1 aromatic heterocycles. The smallest absolute Gasteiger partial charge is 0.408 e. The SMILES string of the molecule is O=C(CCN1C(=O)c2ccccc2C1=O)Nc1ccc2oc(=O)[nH]c2c1. The fourth-order valence-electron chi connectivity index (χ4n) is 2.91. The van der Waals surface area contributed by atoms with Crippen LogP contribution in [0.15, 0.2) is 51.7 Å². The van der Waals surface area contributed by atoms with Crippen LogP contribution in [-0.2, 0) is 4.79 Å². The van der Waals surface area contributed by atoms with E-state index in [9.17, 15) is 19.2 Å². The Morgan fingerprint density at radius 2 is 1.73 bits per heavy atom. The van der Waals surface area contributed by atoms with Gasteiger partial charge in [-0.05, 0) is 30.3 Å². The lowest BCUT2D eigenvalue weighted by atomic mass is 10.1. The zero-order chi connectivity index (χ0) is 18.3. The van der Waals surface area contributed by atoms with E-state index in [-0.39, 0.29) is 18.9 Å². The largest absolute Gasteiger partial charge is 0.417 e. The van der Waals surface area contributed by atoms with Crippen molar-refractivity contribution in [2.24, 2.45) is 0 Å². The van der Waals surface area contributed by atoms with Crippen molar-refractivity contribution in [3.8, 4) is 0 Å². The highest BCUT2D eigenvalue weighted by molar-refractivity contribution is 6.21. The summed E-state index contributed by atoms with van der Waals surface area (Å²) in [7, 11) is 0. The second-order valence-electron chi connectivity index (χ2n) is 5.83. The lowest BCUT2D eigenvalue weighted by Gasteiger charge is -2.13. The van der Waals surface area contributed by atoms with Gasteiger partial charge in [0, 0.05) is 18.7 Å². The minimum absolute atomic E-state index is 0.0109. The summed E-state index contributed by atoms with van der Waals surface area (Å²) in [6, 6.07) is 11.3. The van der Waals surface area contributed by atoms with Crippen LogP contribution in [0.25, 0.3) is 11.1 Å². The molecule has 8 nitrogen and oxygen atoms in total. The number of carbonyl (C=O) groups excluding carboxylic acids is 3. The van der Waals surface area contributed by atoms with Crippen molar-refractivity contribution < 1.29 is 18.8 Å². The number of aromatic nitrogens is 1. The second-order valence-corrected chi connectivity index (χ2v) is 5.83. The van der Waals surface area contributed by atoms with Gasteiger partial charge in [0.2, 0.25) is 5.91 Å². The van der Waals surface area contributed by atoms with Crippen molar-refractivity contribution in [1.29, 1.82) is 0 Å². The summed E-state index contributed by atoms with van der Waals surface area (Å²) in [5.41, 5.74) is 2.04. The number of aromatic amines is 1. The molecule has 0 bridgehead atoms. The van der Waals surface area contributed by atoms with Gasteiger partial charge in [-0.2, -0.15) is 0 Å². The standard InChI is InChI=1S/C18H13N3O5/c22-15(19-10-5-6-14-13(9-10)20-18(25)26-14)7-8-21-16(23)11-3-1-2-4-12(11)17(21)24/h1-6,9H,7-8H2,(H,19,22)(H,20,25). The molecule has 3 amide bonds. The normalized spacial score (nSPS) is 13.3. The molecule has 0 fully saturated rings. The first kappa shape index (κ1) is 15.8. The number of oxazole rings is 1. The molecule has 0 atom stereocenters. The molecule has 130 valence electrons. The molecular formula is C18H13N3O5. The van der Waals surface area contributed by atoms with Gasteiger partial charge in [0.05, 0.1) is 16.6 Å². The monoisotopic (exact) mass is 351 g/mol. The van der Waals surface area contributed by atoms with E-state index in [0.717, 1.165) is 4.90 Å². The predicted molar refractivity (Wildman–Crippen MR) is 91.9 cm³/mol. The van der Waals surface area contributed by atoms with Crippen LogP contribution in [0.1, 0.15) is 27.1 Å². The minimum Gasteiger partial charge on any atom is -0.408 e. The third-order valence-corrected chi connectivity index (χ3v) is 4.14. The molecule has 8 heteroatoms. The van der Waals surface area contributed by atoms with Gasteiger partial charge in [0.1, 0.15) is 0 Å². The number of imide groups is 1. The summed E-state index contributed by atoms with van der Waals surface area (Å²) < 4.78 is 4.89. The molecule has 4 rings (SSSR count). The Labute approximate surface area is 146 Å². The van der Waals surface area contributed by atoms with Crippen LogP contribution >= 0.6 is 0 Å². The van der Waals surface area contributed by atoms with E-state index >= 15 is 0 Å². The maximum atomic E-state index is 12.3. The quantitative estimate of drug-likeness (QED) is 0.695. The molecule has 0 unspecified atom stereocenters. The molecule has 2 aromatic carbocycles. The molecule has 3 aromatic rings. The Morgan fingerprint density at radius 3 is 2.42 bits per heavy atom. The third-order valence-electron chi connectivity index (χ3n) is 4.14. The lowest BCUT2D eigenvalue weighted by molar-refractivity contribution is -0.116. The van der Waals surface area contributed by atoms with Crippen molar-refractivity contribution in [1.82, 2.24) is 9.88 Å². The van der Waals surface area contributed by atoms with Gasteiger partial charge < -0.3 is 9.73 Å². The molecule has 0 radical (unpaired) electrons. The number of hydrogen-bond donors (Lipinski definition) is 2. The van der Waals surface area contributed by atoms with Gasteiger partial charge in [-0.1, -0.05) is 12.1 Å². The van der Waals surface area contributed by atoms with Gasteiger partial charge in [0.15, 0.2) is 5.58 Å². The zero-order valence-corrected chi connectivity index (χ0v) is 13.4. The Bertz CT molecular complexity index is 1080. The summed E-state index contributed by atoms with van der Waals surface area (Å²) >= 11 is 0. The molecule has 0 aliphatic carbocycles. The van der Waals surface area contributed by atoms with E-state index in [4.69, 9.17) is 4.42 Å². The number of H-pyrrole nitrogens is 1. The molecule has 0 saturated carbocycles. The summed E-state index contributed by atoms with van der Waals surface area (Å²) in [4.78, 5) is 51.4. The topological polar surface area (TPSA) is 112 Å². The lowest BCUT2D eigenvalue weighted by Crippen LogP contribution is -2.32. The number of carbonyl (C=O) groups is 3. The molecule has 1 aliphatic heterocycles. The first-order valence-corrected chi connectivity index (χ1v) is 7.91. The van der Waals surface area contributed by atoms with Crippen molar-refractivity contribution in [2.45, 2.75) is 6.42 Å². The maximum Gasteiger partial charge on any atom is 0.417 e. The molecule has 0 spiro atoms. The number of nitrogens with one attached hydrogen (secondary N) is 2. The number of hydrogen-bond acceptors (Lipinski definition) is 5. The molecule has 26 heavy (non-hydrogen) atoms. The van der Waals surface area contributed by atoms with Crippen LogP contribution in [0, 0.1) is 0 Å². The average Bonchev–Trinajstić information content (AvgIpc) is 3.11. The van der Waals surface area contributed by atoms with Crippen molar-refractivity contribution >= 4 is 34.5 Å². The highest BCUT2D eigenvalue weighted by Crippen LogP contribution is 2.22. The van der Waals surface area contributed by atoms with E-state index in [2.05, 4.69) is 10.3 Å². The van der Waals surface area contributed by atoms with Crippen molar-refractivity contribution in [3.05, 3.63) is 64.1 Å². The van der Waals surface area contributed by atoms with E-state index < -0.39 is 17.6 Å². The van der Waals surface area contributed by atoms with Crippen LogP contribution < -0.4 is 11.1 Å². The summed E-state index contributed by atoms with van der Waals surface area (Å²) in [6.07, 6.45) is -0.0363. The number of rotatable bonds is 4. The Hall–Kier alpha value is -3.68. The van der Waals surface area contributed by atoms with Gasteiger partial charge in [0.25, 0.3) is 11.8 Å². The van der Waals surface area contributed by atoms with Gasteiger partial charge in [-0.15, -0.1) is 0 Å². The number of nitrogens with zero attached hydrogens (tertiary/aromatic N) is 1. The van der Waals surface area contributed by atoms with Crippen molar-refractivity contribution in [3.63, 3.8) is 0 Å². The molecule has 2 heterocycles. The third kappa shape index (κ3) is 2.67. The summed E-state index contributed by atoms with van der Waals surface area (Å²) in [6.45, 7) is -0.0109. The minimum atomic E-state index is -0.575. The van der Waals surface area contributed by atoms with Crippen LogP contribution in [0.4, 0.5) is 5.69 Å². The zero-order valence-electron chi connectivity index (χ0n) is 13.4. The predicted octanol–water partition coefficient (Wildman–Crippen LogP) is 1.75. The highest BCUT2D eigenvalue weighted by Gasteiger charge is 2.34. The Morgan fingerprint density at radius 1 is 1.04 bits per heavy atom. The summed E-state index contributed by atoms with van der Waals surface area (Å²) in [5, 5.41) is 2.67. The van der Waals surface area contributed by atoms with Crippen LogP contribution in [-0.4, -0.2) is 34.2 Å². The first-order chi connectivity index (χ1) is 12.5. The molecule has 0 saturated heterocycles. The number of anilines is 1. The van der Waals surface area contributed by atoms with Crippen LogP contribution in [0.3, 0.4) is 0 Å². The fraction of sp³-hybridized carbons (Fsp3) is 0.111. The fourth-order valence-corrected chi connectivity index (χ4v) is 2.91. The molecular weight excluding hydrogens is 338 g/mol. The Kier molecular flexibility index (Phi) is 3.65. The van der Waals surface area contributed by atoms with E-state index in [1.807, 2.05) is 0 Å². The first-order valence-electron chi connectivity index (χ1n) is 7.91. The number of benzene rings is 2. The van der Waals surface area contributed by atoms with E-state index in [1.54, 1.807) is 42.5 Å². The molecule has 1 aliphatic rings. The summed E-state index contributed by atoms with van der Waals surface area (Å²) in [5.74, 6) is -1.72.